The molecule has 0 fully saturated rings. The van der Waals surface area contributed by atoms with Crippen molar-refractivity contribution in [2.24, 2.45) is 0 Å². The summed E-state index contributed by atoms with van der Waals surface area (Å²) in [4.78, 5) is 0. The van der Waals surface area contributed by atoms with Crippen LogP contribution in [0.1, 0.15) is 5.69 Å². The smallest absolute Gasteiger partial charge is 0.161 e. The van der Waals surface area contributed by atoms with Crippen molar-refractivity contribution in [2.75, 3.05) is 20.8 Å². The molecular weight excluding hydrogens is 240 g/mol. The summed E-state index contributed by atoms with van der Waals surface area (Å²) >= 11 is 0. The van der Waals surface area contributed by atoms with E-state index < -0.39 is 0 Å². The Morgan fingerprint density at radius 1 is 1.11 bits per heavy atom. The van der Waals surface area contributed by atoms with Crippen molar-refractivity contribution in [3.63, 3.8) is 0 Å². The van der Waals surface area contributed by atoms with Gasteiger partial charge in [0, 0.05) is 18.4 Å². The molecule has 1 aromatic heterocycles. The maximum Gasteiger partial charge on any atom is 0.161 e. The molecule has 0 spiro atoms. The van der Waals surface area contributed by atoms with Gasteiger partial charge in [-0.3, -0.25) is 0 Å². The molecule has 0 amide bonds. The summed E-state index contributed by atoms with van der Waals surface area (Å²) in [6.07, 6.45) is 2.07. The van der Waals surface area contributed by atoms with Crippen molar-refractivity contribution in [3.8, 4) is 11.5 Å². The van der Waals surface area contributed by atoms with Crippen LogP contribution in [0.15, 0.2) is 42.6 Å². The molecule has 1 N–H and O–H groups in total. The topological polar surface area (TPSA) is 35.4 Å². The summed E-state index contributed by atoms with van der Waals surface area (Å²) in [7, 11) is 3.60. The predicted molar refractivity (Wildman–Crippen MR) is 75.7 cm³/mol. The third kappa shape index (κ3) is 3.51. The Bertz CT molecular complexity index is 508. The quantitative estimate of drug-likeness (QED) is 0.829. The number of hydrogen-bond donors (Lipinski definition) is 1. The van der Waals surface area contributed by atoms with Gasteiger partial charge in [-0.1, -0.05) is 12.1 Å². The fourth-order valence-electron chi connectivity index (χ4n) is 2.00. The van der Waals surface area contributed by atoms with Crippen LogP contribution < -0.4 is 14.8 Å². The van der Waals surface area contributed by atoms with Gasteiger partial charge in [-0.25, -0.2) is 0 Å². The minimum Gasteiger partial charge on any atom is -0.493 e. The summed E-state index contributed by atoms with van der Waals surface area (Å²) in [5.41, 5.74) is 1.26. The average Bonchev–Trinajstić information content (AvgIpc) is 2.87. The first-order valence-corrected chi connectivity index (χ1v) is 6.39. The van der Waals surface area contributed by atoms with Crippen LogP contribution in [-0.4, -0.2) is 25.3 Å². The fraction of sp³-hybridized carbons (Fsp3) is 0.333. The van der Waals surface area contributed by atoms with Crippen molar-refractivity contribution in [3.05, 3.63) is 48.3 Å². The molecule has 0 unspecified atom stereocenters. The van der Waals surface area contributed by atoms with Crippen LogP contribution >= 0.6 is 0 Å². The Labute approximate surface area is 114 Å². The van der Waals surface area contributed by atoms with Gasteiger partial charge in [-0.05, 0) is 31.3 Å². The highest BCUT2D eigenvalue weighted by molar-refractivity contribution is 5.39. The number of hydrogen-bond acceptors (Lipinski definition) is 3. The SMILES string of the molecule is CNCc1cccn1CCOc1ccccc1OC. The number of nitrogens with one attached hydrogen (secondary N) is 1. The molecule has 1 heterocycles. The van der Waals surface area contributed by atoms with Gasteiger partial charge < -0.3 is 19.4 Å². The molecule has 0 bridgehead atoms. The van der Waals surface area contributed by atoms with Crippen LogP contribution in [0.25, 0.3) is 0 Å². The lowest BCUT2D eigenvalue weighted by molar-refractivity contribution is 0.278. The number of para-hydroxylation sites is 2. The van der Waals surface area contributed by atoms with Gasteiger partial charge in [-0.15, -0.1) is 0 Å². The minimum absolute atomic E-state index is 0.617. The number of nitrogens with zero attached hydrogens (tertiary/aromatic N) is 1. The third-order valence-electron chi connectivity index (χ3n) is 2.94. The molecule has 4 heteroatoms. The first-order chi connectivity index (χ1) is 9.35. The highest BCUT2D eigenvalue weighted by atomic mass is 16.5. The molecule has 0 atom stereocenters. The molecule has 4 nitrogen and oxygen atoms in total. The number of aromatic nitrogens is 1. The predicted octanol–water partition coefficient (Wildman–Crippen LogP) is 2.30. The zero-order valence-corrected chi connectivity index (χ0v) is 11.4. The molecule has 0 saturated carbocycles. The lowest BCUT2D eigenvalue weighted by Crippen LogP contribution is -2.14. The second kappa shape index (κ2) is 6.85. The van der Waals surface area contributed by atoms with Crippen molar-refractivity contribution < 1.29 is 9.47 Å². The summed E-state index contributed by atoms with van der Waals surface area (Å²) in [5, 5.41) is 3.16. The number of methoxy groups -OCH3 is 1. The molecule has 2 aromatic rings. The van der Waals surface area contributed by atoms with Crippen molar-refractivity contribution in [2.45, 2.75) is 13.1 Å². The zero-order chi connectivity index (χ0) is 13.5. The van der Waals surface area contributed by atoms with E-state index in [-0.39, 0.29) is 0 Å². The largest absolute Gasteiger partial charge is 0.493 e. The molecule has 2 rings (SSSR count). The summed E-state index contributed by atoms with van der Waals surface area (Å²) in [6, 6.07) is 11.9. The van der Waals surface area contributed by atoms with E-state index in [1.165, 1.54) is 5.69 Å². The summed E-state index contributed by atoms with van der Waals surface area (Å²) in [6.45, 7) is 2.30. The maximum atomic E-state index is 5.77. The van der Waals surface area contributed by atoms with Crippen LogP contribution in [0.5, 0.6) is 11.5 Å². The minimum atomic E-state index is 0.617. The average molecular weight is 260 g/mol. The van der Waals surface area contributed by atoms with Gasteiger partial charge in [0.25, 0.3) is 0 Å². The Balaban J connectivity index is 1.91. The molecule has 0 saturated heterocycles. The van der Waals surface area contributed by atoms with Crippen molar-refractivity contribution >= 4 is 0 Å². The van der Waals surface area contributed by atoms with Gasteiger partial charge in [0.05, 0.1) is 13.7 Å². The number of ether oxygens (including phenoxy) is 2. The van der Waals surface area contributed by atoms with Gasteiger partial charge >= 0.3 is 0 Å². The van der Waals surface area contributed by atoms with E-state index in [1.807, 2.05) is 31.3 Å². The van der Waals surface area contributed by atoms with E-state index in [1.54, 1.807) is 7.11 Å². The van der Waals surface area contributed by atoms with E-state index in [9.17, 15) is 0 Å². The normalized spacial score (nSPS) is 10.4. The number of benzene rings is 1. The van der Waals surface area contributed by atoms with Crippen LogP contribution in [0.4, 0.5) is 0 Å². The Morgan fingerprint density at radius 2 is 1.89 bits per heavy atom. The fourth-order valence-corrected chi connectivity index (χ4v) is 2.00. The van der Waals surface area contributed by atoms with E-state index in [0.29, 0.717) is 6.61 Å². The van der Waals surface area contributed by atoms with Crippen LogP contribution in [0.3, 0.4) is 0 Å². The van der Waals surface area contributed by atoms with Crippen molar-refractivity contribution in [1.82, 2.24) is 9.88 Å². The Kier molecular flexibility index (Phi) is 4.86. The first-order valence-electron chi connectivity index (χ1n) is 6.39. The van der Waals surface area contributed by atoms with Crippen LogP contribution in [0, 0.1) is 0 Å². The Morgan fingerprint density at radius 3 is 2.63 bits per heavy atom. The molecule has 0 aliphatic heterocycles. The molecule has 1 aromatic carbocycles. The van der Waals surface area contributed by atoms with Crippen LogP contribution in [-0.2, 0) is 13.1 Å². The molecule has 0 aliphatic rings. The van der Waals surface area contributed by atoms with E-state index in [4.69, 9.17) is 9.47 Å². The Hall–Kier alpha value is -1.94. The van der Waals surface area contributed by atoms with Crippen LogP contribution in [0.2, 0.25) is 0 Å². The molecule has 19 heavy (non-hydrogen) atoms. The molecular formula is C15H20N2O2. The van der Waals surface area contributed by atoms with Gasteiger partial charge in [0.2, 0.25) is 0 Å². The van der Waals surface area contributed by atoms with E-state index in [2.05, 4.69) is 28.2 Å². The van der Waals surface area contributed by atoms with E-state index >= 15 is 0 Å². The monoisotopic (exact) mass is 260 g/mol. The lowest BCUT2D eigenvalue weighted by atomic mass is 10.3. The molecule has 0 radical (unpaired) electrons. The number of rotatable bonds is 7. The summed E-state index contributed by atoms with van der Waals surface area (Å²) < 4.78 is 13.2. The van der Waals surface area contributed by atoms with Gasteiger partial charge in [-0.2, -0.15) is 0 Å². The van der Waals surface area contributed by atoms with Gasteiger partial charge in [0.1, 0.15) is 6.61 Å². The second-order valence-corrected chi connectivity index (χ2v) is 4.22. The lowest BCUT2D eigenvalue weighted by Gasteiger charge is -2.12. The maximum absolute atomic E-state index is 5.77. The zero-order valence-electron chi connectivity index (χ0n) is 11.4. The standard InChI is InChI=1S/C15H20N2O2/c1-16-12-13-6-5-9-17(13)10-11-19-15-8-4-3-7-14(15)18-2/h3-9,16H,10-12H2,1-2H3. The van der Waals surface area contributed by atoms with Gasteiger partial charge in [0.15, 0.2) is 11.5 Å². The molecule has 102 valence electrons. The second-order valence-electron chi connectivity index (χ2n) is 4.22. The highest BCUT2D eigenvalue weighted by Gasteiger charge is 2.03. The highest BCUT2D eigenvalue weighted by Crippen LogP contribution is 2.25. The van der Waals surface area contributed by atoms with Crippen molar-refractivity contribution in [1.29, 1.82) is 0 Å². The first kappa shape index (κ1) is 13.5. The molecule has 0 aliphatic carbocycles. The van der Waals surface area contributed by atoms with E-state index in [0.717, 1.165) is 24.6 Å². The summed E-state index contributed by atoms with van der Waals surface area (Å²) in [5.74, 6) is 1.55. The third-order valence-corrected chi connectivity index (χ3v) is 2.94.